The van der Waals surface area contributed by atoms with Crippen molar-refractivity contribution < 1.29 is 4.74 Å². The van der Waals surface area contributed by atoms with Crippen molar-refractivity contribution in [1.82, 2.24) is 0 Å². The minimum Gasteiger partial charge on any atom is -0.378 e. The number of ether oxygens (including phenoxy) is 1. The maximum Gasteiger partial charge on any atom is 0.0895 e. The molecule has 4 rings (SSSR count). The van der Waals surface area contributed by atoms with Gasteiger partial charge in [-0.25, -0.2) is 0 Å². The Morgan fingerprint density at radius 2 is 2.12 bits per heavy atom. The number of hydrogen-bond acceptors (Lipinski definition) is 3. The van der Waals surface area contributed by atoms with Crippen LogP contribution in [0.25, 0.3) is 0 Å². The lowest BCUT2D eigenvalue weighted by Gasteiger charge is -2.44. The third kappa shape index (κ3) is 2.93. The van der Waals surface area contributed by atoms with Gasteiger partial charge in [0.2, 0.25) is 0 Å². The van der Waals surface area contributed by atoms with Gasteiger partial charge in [-0.3, -0.25) is 0 Å². The Hall–Kier alpha value is -1.19. The normalized spacial score (nSPS) is 29.3. The van der Waals surface area contributed by atoms with Crippen molar-refractivity contribution in [2.45, 2.75) is 57.6 Å². The van der Waals surface area contributed by atoms with E-state index < -0.39 is 0 Å². The Morgan fingerprint density at radius 1 is 1.25 bits per heavy atom. The number of hydrogen-bond donors (Lipinski definition) is 1. The van der Waals surface area contributed by atoms with Gasteiger partial charge in [-0.1, -0.05) is 39.0 Å². The number of benzene rings is 1. The highest BCUT2D eigenvalue weighted by Crippen LogP contribution is 2.47. The first-order chi connectivity index (χ1) is 11.5. The zero-order valence-corrected chi connectivity index (χ0v) is 15.7. The second kappa shape index (κ2) is 6.27. The molecule has 0 radical (unpaired) electrons. The zero-order chi connectivity index (χ0) is 16.7. The smallest absolute Gasteiger partial charge is 0.0895 e. The molecule has 3 heterocycles. The summed E-state index contributed by atoms with van der Waals surface area (Å²) in [5.74, 6) is 0.541. The van der Waals surface area contributed by atoms with Gasteiger partial charge in [0.1, 0.15) is 0 Å². The third-order valence-electron chi connectivity index (χ3n) is 5.48. The van der Waals surface area contributed by atoms with Gasteiger partial charge in [0.05, 0.1) is 12.1 Å². The quantitative estimate of drug-likeness (QED) is 0.699. The van der Waals surface area contributed by atoms with E-state index in [1.165, 1.54) is 35.2 Å². The van der Waals surface area contributed by atoms with E-state index in [1.807, 2.05) is 0 Å². The fraction of sp³-hybridized carbons (Fsp3) is 0.524. The average molecular weight is 342 g/mol. The Balaban J connectivity index is 1.73. The van der Waals surface area contributed by atoms with Crippen LogP contribution in [0.4, 0.5) is 5.69 Å². The summed E-state index contributed by atoms with van der Waals surface area (Å²) in [5, 5.41) is 8.37. The molecular formula is C21H27NOS. The van der Waals surface area contributed by atoms with E-state index >= 15 is 0 Å². The van der Waals surface area contributed by atoms with Crippen LogP contribution < -0.4 is 5.32 Å². The number of nitrogens with one attached hydrogen (secondary N) is 1. The van der Waals surface area contributed by atoms with Crippen molar-refractivity contribution in [3.05, 3.63) is 51.8 Å². The van der Waals surface area contributed by atoms with Crippen molar-refractivity contribution in [2.75, 3.05) is 11.9 Å². The minimum absolute atomic E-state index is 0.170. The highest BCUT2D eigenvalue weighted by atomic mass is 32.2. The van der Waals surface area contributed by atoms with Crippen LogP contribution in [0.2, 0.25) is 0 Å². The van der Waals surface area contributed by atoms with E-state index in [-0.39, 0.29) is 11.5 Å². The van der Waals surface area contributed by atoms with Gasteiger partial charge in [0.25, 0.3) is 0 Å². The van der Waals surface area contributed by atoms with Crippen LogP contribution in [0.5, 0.6) is 0 Å². The summed E-state index contributed by atoms with van der Waals surface area (Å²) in [5.41, 5.74) is 5.70. The summed E-state index contributed by atoms with van der Waals surface area (Å²) in [6.07, 6.45) is 5.98. The molecule has 3 heteroatoms. The van der Waals surface area contributed by atoms with Gasteiger partial charge in [0.15, 0.2) is 0 Å². The minimum atomic E-state index is 0.170. The SMILES string of the molecule is CC(C)(C)c1ccc2c(c1)C1OCCCC1C(C1=CSC=CC1)N2. The standard InChI is InChI=1S/C21H27NOS/c1-21(2,3)15-8-9-18-17(12-15)20-16(7-4-10-23-20)19(22-18)14-6-5-11-24-13-14/h5,8-9,11-13,16,19-20,22H,4,6-7,10H2,1-3H3. The lowest BCUT2D eigenvalue weighted by atomic mass is 9.75. The molecule has 0 aliphatic carbocycles. The Bertz CT molecular complexity index is 686. The van der Waals surface area contributed by atoms with Gasteiger partial charge in [-0.15, -0.1) is 11.8 Å². The number of thioether (sulfide) groups is 1. The Morgan fingerprint density at radius 3 is 2.88 bits per heavy atom. The molecule has 1 fully saturated rings. The van der Waals surface area contributed by atoms with Gasteiger partial charge in [-0.05, 0) is 52.7 Å². The summed E-state index contributed by atoms with van der Waals surface area (Å²) in [6, 6.07) is 7.32. The van der Waals surface area contributed by atoms with Crippen LogP contribution in [0.15, 0.2) is 40.7 Å². The molecule has 3 aliphatic rings. The molecule has 0 saturated carbocycles. The molecule has 0 bridgehead atoms. The van der Waals surface area contributed by atoms with Gasteiger partial charge < -0.3 is 10.1 Å². The average Bonchev–Trinajstić information content (AvgIpc) is 2.60. The van der Waals surface area contributed by atoms with Crippen LogP contribution >= 0.6 is 11.8 Å². The predicted octanol–water partition coefficient (Wildman–Crippen LogP) is 5.78. The van der Waals surface area contributed by atoms with E-state index in [4.69, 9.17) is 4.74 Å². The molecule has 0 aromatic heterocycles. The largest absolute Gasteiger partial charge is 0.378 e. The van der Waals surface area contributed by atoms with E-state index in [9.17, 15) is 0 Å². The molecule has 1 aromatic carbocycles. The topological polar surface area (TPSA) is 21.3 Å². The molecule has 3 unspecified atom stereocenters. The van der Waals surface area contributed by atoms with Crippen LogP contribution in [0, 0.1) is 5.92 Å². The number of allylic oxidation sites excluding steroid dienone is 1. The molecule has 128 valence electrons. The summed E-state index contributed by atoms with van der Waals surface area (Å²) >= 11 is 1.80. The molecule has 1 aromatic rings. The van der Waals surface area contributed by atoms with Crippen LogP contribution in [-0.2, 0) is 10.2 Å². The van der Waals surface area contributed by atoms with E-state index in [1.54, 1.807) is 11.8 Å². The molecule has 0 spiro atoms. The van der Waals surface area contributed by atoms with Crippen LogP contribution in [-0.4, -0.2) is 12.6 Å². The van der Waals surface area contributed by atoms with Crippen LogP contribution in [0.1, 0.15) is 57.3 Å². The molecule has 2 nitrogen and oxygen atoms in total. The summed E-state index contributed by atoms with van der Waals surface area (Å²) < 4.78 is 6.31. The first-order valence-corrected chi connectivity index (χ1v) is 10.0. The molecule has 0 amide bonds. The van der Waals surface area contributed by atoms with Crippen molar-refractivity contribution >= 4 is 17.4 Å². The number of rotatable bonds is 1. The zero-order valence-electron chi connectivity index (χ0n) is 14.8. The fourth-order valence-electron chi connectivity index (χ4n) is 4.12. The van der Waals surface area contributed by atoms with Gasteiger partial charge in [-0.2, -0.15) is 0 Å². The highest BCUT2D eigenvalue weighted by molar-refractivity contribution is 8.05. The lowest BCUT2D eigenvalue weighted by molar-refractivity contribution is -0.0343. The van der Waals surface area contributed by atoms with E-state index in [2.05, 4.69) is 61.2 Å². The van der Waals surface area contributed by atoms with Crippen molar-refractivity contribution in [2.24, 2.45) is 5.92 Å². The number of anilines is 1. The van der Waals surface area contributed by atoms with E-state index in [0.29, 0.717) is 12.0 Å². The molecule has 1 saturated heterocycles. The maximum atomic E-state index is 6.31. The second-order valence-electron chi connectivity index (χ2n) is 8.18. The molecule has 1 N–H and O–H groups in total. The van der Waals surface area contributed by atoms with Crippen molar-refractivity contribution in [3.63, 3.8) is 0 Å². The Kier molecular flexibility index (Phi) is 4.26. The molecule has 3 aliphatic heterocycles. The summed E-state index contributed by atoms with van der Waals surface area (Å²) in [4.78, 5) is 0. The first-order valence-electron chi connectivity index (χ1n) is 9.06. The Labute approximate surface area is 149 Å². The molecule has 3 atom stereocenters. The summed E-state index contributed by atoms with van der Waals surface area (Å²) in [6.45, 7) is 7.73. The monoisotopic (exact) mass is 341 g/mol. The third-order valence-corrected chi connectivity index (χ3v) is 6.27. The molecule has 24 heavy (non-hydrogen) atoms. The van der Waals surface area contributed by atoms with Crippen LogP contribution in [0.3, 0.4) is 0 Å². The highest BCUT2D eigenvalue weighted by Gasteiger charge is 2.40. The maximum absolute atomic E-state index is 6.31. The summed E-state index contributed by atoms with van der Waals surface area (Å²) in [7, 11) is 0. The predicted molar refractivity (Wildman–Crippen MR) is 103 cm³/mol. The van der Waals surface area contributed by atoms with Gasteiger partial charge in [0, 0.05) is 23.8 Å². The second-order valence-corrected chi connectivity index (χ2v) is 8.96. The fourth-order valence-corrected chi connectivity index (χ4v) is 4.82. The van der Waals surface area contributed by atoms with Gasteiger partial charge >= 0.3 is 0 Å². The lowest BCUT2D eigenvalue weighted by Crippen LogP contribution is -2.42. The van der Waals surface area contributed by atoms with Crippen molar-refractivity contribution in [3.8, 4) is 0 Å². The number of fused-ring (bicyclic) bond motifs is 3. The van der Waals surface area contributed by atoms with Crippen molar-refractivity contribution in [1.29, 1.82) is 0 Å². The van der Waals surface area contributed by atoms with E-state index in [0.717, 1.165) is 13.0 Å². The first kappa shape index (κ1) is 16.3. The molecular weight excluding hydrogens is 314 g/mol.